The summed E-state index contributed by atoms with van der Waals surface area (Å²) >= 11 is 0. The van der Waals surface area contributed by atoms with E-state index in [1.165, 1.54) is 11.1 Å². The van der Waals surface area contributed by atoms with E-state index in [2.05, 4.69) is 77.8 Å². The van der Waals surface area contributed by atoms with Crippen molar-refractivity contribution in [2.24, 2.45) is 5.92 Å². The lowest BCUT2D eigenvalue weighted by molar-refractivity contribution is -0.165. The third-order valence-corrected chi connectivity index (χ3v) is 7.16. The Kier molecular flexibility index (Phi) is 7.39. The summed E-state index contributed by atoms with van der Waals surface area (Å²) in [6.07, 6.45) is 1.66. The van der Waals surface area contributed by atoms with Gasteiger partial charge in [-0.05, 0) is 62.6 Å². The quantitative estimate of drug-likeness (QED) is 0.259. The molecule has 0 fully saturated rings. The summed E-state index contributed by atoms with van der Waals surface area (Å²) in [6, 6.07) is 32.4. The fraction of sp³-hybridized carbons (Fsp3) is 0.303. The third-order valence-electron chi connectivity index (χ3n) is 7.16. The smallest absolute Gasteiger partial charge is 0.313 e. The molecule has 38 heavy (non-hydrogen) atoms. The van der Waals surface area contributed by atoms with E-state index in [0.29, 0.717) is 12.3 Å². The zero-order valence-electron chi connectivity index (χ0n) is 22.5. The van der Waals surface area contributed by atoms with Gasteiger partial charge < -0.3 is 14.5 Å². The lowest BCUT2D eigenvalue weighted by Gasteiger charge is -2.46. The van der Waals surface area contributed by atoms with Crippen LogP contribution in [0.1, 0.15) is 68.3 Å². The summed E-state index contributed by atoms with van der Waals surface area (Å²) in [6.45, 7) is 8.64. The molecule has 0 aliphatic carbocycles. The van der Waals surface area contributed by atoms with Gasteiger partial charge in [-0.3, -0.25) is 9.69 Å². The van der Waals surface area contributed by atoms with E-state index in [-0.39, 0.29) is 24.1 Å². The van der Waals surface area contributed by atoms with E-state index in [9.17, 15) is 4.79 Å². The van der Waals surface area contributed by atoms with Crippen LogP contribution < -0.4 is 5.32 Å². The first kappa shape index (κ1) is 25.8. The Morgan fingerprint density at radius 1 is 0.921 bits per heavy atom. The van der Waals surface area contributed by atoms with Crippen molar-refractivity contribution in [3.63, 3.8) is 0 Å². The van der Waals surface area contributed by atoms with Gasteiger partial charge in [0.2, 0.25) is 0 Å². The molecule has 0 radical (unpaired) electrons. The first-order valence-electron chi connectivity index (χ1n) is 13.3. The first-order valence-corrected chi connectivity index (χ1v) is 13.3. The van der Waals surface area contributed by atoms with Crippen molar-refractivity contribution < 1.29 is 13.9 Å². The number of furan rings is 1. The van der Waals surface area contributed by atoms with Crippen LogP contribution >= 0.6 is 0 Å². The molecular weight excluding hydrogens is 472 g/mol. The average Bonchev–Trinajstić information content (AvgIpc) is 3.45. The largest absolute Gasteiger partial charge is 0.467 e. The highest BCUT2D eigenvalue weighted by Crippen LogP contribution is 2.49. The average molecular weight is 509 g/mol. The molecule has 5 rings (SSSR count). The monoisotopic (exact) mass is 508 g/mol. The second kappa shape index (κ2) is 10.9. The van der Waals surface area contributed by atoms with Gasteiger partial charge in [-0.15, -0.1) is 0 Å². The number of esters is 1. The third kappa shape index (κ3) is 5.53. The molecule has 1 N–H and O–H groups in total. The van der Waals surface area contributed by atoms with Crippen LogP contribution in [-0.4, -0.2) is 16.5 Å². The Bertz CT molecular complexity index is 1330. The van der Waals surface area contributed by atoms with Crippen LogP contribution in [0.2, 0.25) is 0 Å². The molecule has 196 valence electrons. The van der Waals surface area contributed by atoms with Gasteiger partial charge in [-0.2, -0.15) is 0 Å². The molecule has 5 nitrogen and oxygen atoms in total. The molecule has 1 aliphatic rings. The number of ether oxygens (including phenoxy) is 1. The molecule has 0 saturated heterocycles. The Morgan fingerprint density at radius 2 is 1.58 bits per heavy atom. The summed E-state index contributed by atoms with van der Waals surface area (Å²) in [7, 11) is 0. The summed E-state index contributed by atoms with van der Waals surface area (Å²) in [5.74, 6) is -0.0817. The number of fused-ring (bicyclic) bond motifs is 1. The number of carbonyl (C=O) groups excluding carboxylic acids is 1. The van der Waals surface area contributed by atoms with Crippen LogP contribution in [0.15, 0.2) is 108 Å². The van der Waals surface area contributed by atoms with Gasteiger partial charge in [0, 0.05) is 18.3 Å². The molecule has 5 heteroatoms. The Labute approximate surface area is 225 Å². The van der Waals surface area contributed by atoms with Gasteiger partial charge in [0.05, 0.1) is 18.3 Å². The zero-order valence-corrected chi connectivity index (χ0v) is 22.5. The zero-order chi connectivity index (χ0) is 26.7. The number of nitrogens with one attached hydrogen (secondary N) is 1. The van der Waals surface area contributed by atoms with Crippen molar-refractivity contribution in [1.29, 1.82) is 0 Å². The Morgan fingerprint density at radius 3 is 2.24 bits per heavy atom. The van der Waals surface area contributed by atoms with Crippen LogP contribution in [0.4, 0.5) is 5.69 Å². The van der Waals surface area contributed by atoms with Gasteiger partial charge >= 0.3 is 5.97 Å². The maximum atomic E-state index is 14.1. The van der Waals surface area contributed by atoms with Gasteiger partial charge in [0.15, 0.2) is 0 Å². The molecule has 0 amide bonds. The Balaban J connectivity index is 1.69. The van der Waals surface area contributed by atoms with E-state index >= 15 is 0 Å². The van der Waals surface area contributed by atoms with Gasteiger partial charge in [0.25, 0.3) is 0 Å². The predicted molar refractivity (Wildman–Crippen MR) is 150 cm³/mol. The van der Waals surface area contributed by atoms with Crippen molar-refractivity contribution in [3.8, 4) is 0 Å². The number of nitrogens with zero attached hydrogens (tertiary/aromatic N) is 1. The van der Waals surface area contributed by atoms with Gasteiger partial charge in [0.1, 0.15) is 17.3 Å². The second-order valence-electron chi connectivity index (χ2n) is 11.0. The van der Waals surface area contributed by atoms with Gasteiger partial charge in [-0.25, -0.2) is 0 Å². The lowest BCUT2D eigenvalue weighted by atomic mass is 9.79. The van der Waals surface area contributed by atoms with E-state index in [1.54, 1.807) is 6.26 Å². The summed E-state index contributed by atoms with van der Waals surface area (Å²) < 4.78 is 12.0. The molecule has 0 spiro atoms. The number of carbonyl (C=O) groups is 1. The van der Waals surface area contributed by atoms with Crippen LogP contribution in [-0.2, 0) is 16.1 Å². The topological polar surface area (TPSA) is 54.7 Å². The van der Waals surface area contributed by atoms with Gasteiger partial charge in [-0.1, -0.05) is 78.9 Å². The molecule has 3 aromatic carbocycles. The minimum absolute atomic E-state index is 0.0229. The standard InChI is InChI=1S/C33H36N2O3/c1-23(25-16-9-6-10-17-25)35(22-24-14-7-5-8-15-24)31-26-18-11-12-19-27(26)34-30(28-20-13-21-37-28)29(31)32(36)38-33(2,3)4/h5-21,23,29-31,34H,22H2,1-4H3/t23-,29-,30+,31?/m1/s1. The number of rotatable bonds is 7. The van der Waals surface area contributed by atoms with Crippen LogP contribution in [0.5, 0.6) is 0 Å². The molecule has 2 heterocycles. The number of benzene rings is 3. The number of anilines is 1. The lowest BCUT2D eigenvalue weighted by Crippen LogP contribution is -2.47. The number of para-hydroxylation sites is 1. The molecule has 1 aliphatic heterocycles. The SMILES string of the molecule is C[C@H](c1ccccc1)N(Cc1ccccc1)C1c2ccccc2N[C@@H](c2ccco2)[C@H]1C(=O)OC(C)(C)C. The van der Waals surface area contributed by atoms with Crippen molar-refractivity contribution in [3.05, 3.63) is 126 Å². The van der Waals surface area contributed by atoms with E-state index < -0.39 is 11.5 Å². The minimum Gasteiger partial charge on any atom is -0.467 e. The van der Waals surface area contributed by atoms with Crippen LogP contribution in [0.3, 0.4) is 0 Å². The molecule has 0 bridgehead atoms. The fourth-order valence-electron chi connectivity index (χ4n) is 5.45. The van der Waals surface area contributed by atoms with E-state index in [0.717, 1.165) is 11.3 Å². The molecule has 1 unspecified atom stereocenters. The van der Waals surface area contributed by atoms with Crippen LogP contribution in [0, 0.1) is 5.92 Å². The second-order valence-corrected chi connectivity index (χ2v) is 11.0. The maximum absolute atomic E-state index is 14.1. The highest BCUT2D eigenvalue weighted by Gasteiger charge is 2.48. The summed E-state index contributed by atoms with van der Waals surface area (Å²) in [4.78, 5) is 16.6. The molecule has 4 aromatic rings. The van der Waals surface area contributed by atoms with Crippen molar-refractivity contribution in [2.45, 2.75) is 58.0 Å². The van der Waals surface area contributed by atoms with Crippen molar-refractivity contribution in [2.75, 3.05) is 5.32 Å². The van der Waals surface area contributed by atoms with E-state index in [4.69, 9.17) is 9.15 Å². The molecule has 4 atom stereocenters. The molecule has 0 saturated carbocycles. The first-order chi connectivity index (χ1) is 18.3. The highest BCUT2D eigenvalue weighted by atomic mass is 16.6. The van der Waals surface area contributed by atoms with Crippen molar-refractivity contribution >= 4 is 11.7 Å². The fourth-order valence-corrected chi connectivity index (χ4v) is 5.45. The Hall–Kier alpha value is -3.83. The predicted octanol–water partition coefficient (Wildman–Crippen LogP) is 7.71. The normalized spacial score (nSPS) is 19.9. The summed E-state index contributed by atoms with van der Waals surface area (Å²) in [5.41, 5.74) is 3.82. The molecule has 1 aromatic heterocycles. The summed E-state index contributed by atoms with van der Waals surface area (Å²) in [5, 5.41) is 3.62. The number of hydrogen-bond donors (Lipinski definition) is 1. The minimum atomic E-state index is -0.623. The molecular formula is C33H36N2O3. The van der Waals surface area contributed by atoms with E-state index in [1.807, 2.05) is 57.2 Å². The van der Waals surface area contributed by atoms with Crippen LogP contribution in [0.25, 0.3) is 0 Å². The highest BCUT2D eigenvalue weighted by molar-refractivity contribution is 5.78. The number of hydrogen-bond acceptors (Lipinski definition) is 5. The van der Waals surface area contributed by atoms with Crippen molar-refractivity contribution in [1.82, 2.24) is 4.90 Å². The maximum Gasteiger partial charge on any atom is 0.313 e.